The molecule has 0 saturated heterocycles. The molecule has 0 unspecified atom stereocenters. The van der Waals surface area contributed by atoms with Crippen LogP contribution >= 0.6 is 8.20 Å². The van der Waals surface area contributed by atoms with Crippen LogP contribution in [0.2, 0.25) is 0 Å². The number of hydrogen-bond acceptors (Lipinski definition) is 0. The molecule has 18 heavy (non-hydrogen) atoms. The fraction of sp³-hybridized carbons (Fsp3) is 0.353. The molecule has 1 aromatic carbocycles. The molecule has 1 aliphatic rings. The van der Waals surface area contributed by atoms with E-state index in [1.807, 2.05) is 0 Å². The summed E-state index contributed by atoms with van der Waals surface area (Å²) in [6.45, 7) is 11.4. The fourth-order valence-electron chi connectivity index (χ4n) is 2.51. The lowest BCUT2D eigenvalue weighted by atomic mass is 9.98. The minimum Gasteiger partial charge on any atom is -0.0883 e. The van der Waals surface area contributed by atoms with Gasteiger partial charge >= 0.3 is 0 Å². The number of allylic oxidation sites excluding steroid dienone is 4. The molecule has 0 spiro atoms. The smallest absolute Gasteiger partial charge is 0.0517 e. The number of hydrogen-bond donors (Lipinski definition) is 0. The molecule has 94 valence electrons. The quantitative estimate of drug-likeness (QED) is 0.636. The van der Waals surface area contributed by atoms with Gasteiger partial charge in [-0.15, -0.1) is 0 Å². The van der Waals surface area contributed by atoms with E-state index < -0.39 is 0 Å². The van der Waals surface area contributed by atoms with Gasteiger partial charge in [0.25, 0.3) is 0 Å². The van der Waals surface area contributed by atoms with Crippen LogP contribution in [0.25, 0.3) is 0 Å². The van der Waals surface area contributed by atoms with Gasteiger partial charge < -0.3 is 0 Å². The van der Waals surface area contributed by atoms with Gasteiger partial charge in [0, 0.05) is 0 Å². The molecular formula is C17H21P. The first-order valence-electron chi connectivity index (χ1n) is 6.43. The Bertz CT molecular complexity index is 520. The average molecular weight is 256 g/mol. The SMILES string of the molecule is CC1=C(C)C(C)(P=Cc2ccccc2)C(C)=C1C. The lowest BCUT2D eigenvalue weighted by Gasteiger charge is -2.24. The van der Waals surface area contributed by atoms with Crippen molar-refractivity contribution in [3.05, 3.63) is 58.2 Å². The van der Waals surface area contributed by atoms with E-state index in [0.717, 1.165) is 0 Å². The predicted octanol–water partition coefficient (Wildman–Crippen LogP) is 5.23. The fourth-order valence-corrected chi connectivity index (χ4v) is 3.81. The third kappa shape index (κ3) is 2.10. The van der Waals surface area contributed by atoms with Gasteiger partial charge in [0.05, 0.1) is 5.16 Å². The van der Waals surface area contributed by atoms with Crippen molar-refractivity contribution < 1.29 is 0 Å². The van der Waals surface area contributed by atoms with Crippen molar-refractivity contribution in [3.8, 4) is 0 Å². The largest absolute Gasteiger partial charge is 0.0883 e. The molecule has 0 fully saturated rings. The van der Waals surface area contributed by atoms with Crippen LogP contribution in [0.3, 0.4) is 0 Å². The standard InChI is InChI=1S/C17H21P/c1-12-13(2)15(4)17(5,14(12)3)18-11-16-9-7-6-8-10-16/h6-11H,1-5H3. The Labute approximate surface area is 112 Å². The zero-order valence-electron chi connectivity index (χ0n) is 11.9. The second-order valence-electron chi connectivity index (χ2n) is 5.24. The van der Waals surface area contributed by atoms with Crippen LogP contribution in [0.5, 0.6) is 0 Å². The third-order valence-electron chi connectivity index (χ3n) is 4.42. The van der Waals surface area contributed by atoms with E-state index in [0.29, 0.717) is 0 Å². The molecule has 1 aliphatic carbocycles. The summed E-state index contributed by atoms with van der Waals surface area (Å²) in [5, 5.41) is 0.185. The predicted molar refractivity (Wildman–Crippen MR) is 83.7 cm³/mol. The van der Waals surface area contributed by atoms with Crippen molar-refractivity contribution in [1.82, 2.24) is 0 Å². The molecule has 1 heteroatoms. The molecule has 0 nitrogen and oxygen atoms in total. The van der Waals surface area contributed by atoms with Gasteiger partial charge in [-0.3, -0.25) is 0 Å². The highest BCUT2D eigenvalue weighted by Crippen LogP contribution is 2.48. The lowest BCUT2D eigenvalue weighted by Crippen LogP contribution is -2.17. The summed E-state index contributed by atoms with van der Waals surface area (Å²) in [6, 6.07) is 10.6. The second-order valence-corrected chi connectivity index (χ2v) is 6.65. The molecule has 0 radical (unpaired) electrons. The maximum Gasteiger partial charge on any atom is 0.0517 e. The van der Waals surface area contributed by atoms with Crippen molar-refractivity contribution in [2.75, 3.05) is 0 Å². The maximum absolute atomic E-state index is 2.36. The summed E-state index contributed by atoms with van der Waals surface area (Å²) >= 11 is 0. The topological polar surface area (TPSA) is 0 Å². The molecular weight excluding hydrogens is 235 g/mol. The Hall–Kier alpha value is -1.13. The Morgan fingerprint density at radius 3 is 1.89 bits per heavy atom. The highest BCUT2D eigenvalue weighted by Gasteiger charge is 2.34. The highest BCUT2D eigenvalue weighted by atomic mass is 31.1. The van der Waals surface area contributed by atoms with E-state index >= 15 is 0 Å². The zero-order valence-corrected chi connectivity index (χ0v) is 12.8. The first kappa shape index (κ1) is 13.3. The van der Waals surface area contributed by atoms with E-state index in [1.54, 1.807) is 0 Å². The Morgan fingerprint density at radius 2 is 1.39 bits per heavy atom. The maximum atomic E-state index is 2.36. The van der Waals surface area contributed by atoms with E-state index in [9.17, 15) is 0 Å². The summed E-state index contributed by atoms with van der Waals surface area (Å²) in [5.74, 6) is 2.33. The van der Waals surface area contributed by atoms with Gasteiger partial charge in [0.1, 0.15) is 0 Å². The lowest BCUT2D eigenvalue weighted by molar-refractivity contribution is 0.874. The second kappa shape index (κ2) is 4.86. The van der Waals surface area contributed by atoms with Crippen molar-refractivity contribution in [1.29, 1.82) is 0 Å². The van der Waals surface area contributed by atoms with Crippen LogP contribution in [-0.2, 0) is 0 Å². The molecule has 0 bridgehead atoms. The van der Waals surface area contributed by atoms with Gasteiger partial charge in [0.2, 0.25) is 0 Å². The van der Waals surface area contributed by atoms with Crippen LogP contribution in [0.15, 0.2) is 52.6 Å². The van der Waals surface area contributed by atoms with Crippen molar-refractivity contribution >= 4 is 14.0 Å². The number of benzene rings is 1. The highest BCUT2D eigenvalue weighted by molar-refractivity contribution is 7.41. The van der Waals surface area contributed by atoms with E-state index in [1.165, 1.54) is 36.1 Å². The van der Waals surface area contributed by atoms with Gasteiger partial charge in [-0.25, -0.2) is 0 Å². The van der Waals surface area contributed by atoms with Crippen LogP contribution in [0.1, 0.15) is 40.2 Å². The Kier molecular flexibility index (Phi) is 3.59. The van der Waals surface area contributed by atoms with Crippen LogP contribution in [0.4, 0.5) is 0 Å². The third-order valence-corrected chi connectivity index (χ3v) is 6.03. The van der Waals surface area contributed by atoms with Crippen LogP contribution in [0, 0.1) is 0 Å². The molecule has 2 rings (SSSR count). The normalized spacial score (nSPS) is 19.2. The average Bonchev–Trinajstić information content (AvgIpc) is 2.54. The summed E-state index contributed by atoms with van der Waals surface area (Å²) in [5.41, 5.74) is 7.30. The van der Waals surface area contributed by atoms with Crippen LogP contribution in [-0.4, -0.2) is 11.0 Å². The van der Waals surface area contributed by atoms with E-state index in [2.05, 4.69) is 70.7 Å². The number of rotatable bonds is 2. The van der Waals surface area contributed by atoms with E-state index in [-0.39, 0.29) is 5.16 Å². The molecule has 0 N–H and O–H groups in total. The molecule has 0 saturated carbocycles. The first-order chi connectivity index (χ1) is 8.47. The first-order valence-corrected chi connectivity index (χ1v) is 7.39. The minimum absolute atomic E-state index is 0.185. The van der Waals surface area contributed by atoms with E-state index in [4.69, 9.17) is 0 Å². The molecule has 0 aromatic heterocycles. The molecule has 0 atom stereocenters. The molecule has 0 amide bonds. The summed E-state index contributed by atoms with van der Waals surface area (Å²) in [7, 11) is 1.37. The monoisotopic (exact) mass is 256 g/mol. The summed E-state index contributed by atoms with van der Waals surface area (Å²) in [4.78, 5) is 0. The summed E-state index contributed by atoms with van der Waals surface area (Å²) in [6.07, 6.45) is 0. The molecule has 0 heterocycles. The molecule has 0 aliphatic heterocycles. The van der Waals surface area contributed by atoms with Crippen molar-refractivity contribution in [2.24, 2.45) is 0 Å². The van der Waals surface area contributed by atoms with Crippen molar-refractivity contribution in [2.45, 2.75) is 39.8 Å². The van der Waals surface area contributed by atoms with Gasteiger partial charge in [0.15, 0.2) is 0 Å². The van der Waals surface area contributed by atoms with Gasteiger partial charge in [-0.2, -0.15) is 0 Å². The Balaban J connectivity index is 2.38. The minimum atomic E-state index is 0.185. The van der Waals surface area contributed by atoms with Gasteiger partial charge in [-0.05, 0) is 57.1 Å². The van der Waals surface area contributed by atoms with Gasteiger partial charge in [-0.1, -0.05) is 49.7 Å². The Morgan fingerprint density at radius 1 is 0.889 bits per heavy atom. The van der Waals surface area contributed by atoms with Crippen molar-refractivity contribution in [3.63, 3.8) is 0 Å². The molecule has 1 aromatic rings. The zero-order chi connectivity index (χ0) is 13.3. The summed E-state index contributed by atoms with van der Waals surface area (Å²) < 4.78 is 0. The van der Waals surface area contributed by atoms with Crippen LogP contribution < -0.4 is 0 Å².